The summed E-state index contributed by atoms with van der Waals surface area (Å²) in [5.41, 5.74) is 1.40. The number of fused-ring (bicyclic) bond motifs is 1. The van der Waals surface area contributed by atoms with Crippen molar-refractivity contribution in [2.75, 3.05) is 10.6 Å². The van der Waals surface area contributed by atoms with E-state index in [1.54, 1.807) is 30.3 Å². The Labute approximate surface area is 185 Å². The van der Waals surface area contributed by atoms with Crippen LogP contribution in [-0.2, 0) is 11.3 Å². The molecular weight excluding hydrogens is 466 g/mol. The van der Waals surface area contributed by atoms with Gasteiger partial charge in [0.05, 0.1) is 35.3 Å². The Morgan fingerprint density at radius 3 is 2.45 bits per heavy atom. The van der Waals surface area contributed by atoms with Crippen LogP contribution in [0.15, 0.2) is 63.7 Å². The quantitative estimate of drug-likeness (QED) is 0.534. The van der Waals surface area contributed by atoms with Crippen molar-refractivity contribution in [1.82, 2.24) is 4.90 Å². The molecule has 4 rings (SSSR count). The molecule has 0 saturated carbocycles. The van der Waals surface area contributed by atoms with Crippen LogP contribution in [0.2, 0.25) is 0 Å². The lowest BCUT2D eigenvalue weighted by molar-refractivity contribution is -0.114. The van der Waals surface area contributed by atoms with E-state index < -0.39 is 17.7 Å². The van der Waals surface area contributed by atoms with Crippen LogP contribution in [0.4, 0.5) is 11.4 Å². The van der Waals surface area contributed by atoms with Gasteiger partial charge in [0.25, 0.3) is 17.7 Å². The van der Waals surface area contributed by atoms with Gasteiger partial charge < -0.3 is 15.1 Å². The summed E-state index contributed by atoms with van der Waals surface area (Å²) in [4.78, 5) is 50.7. The van der Waals surface area contributed by atoms with E-state index in [9.17, 15) is 19.2 Å². The number of halogens is 1. The fourth-order valence-electron chi connectivity index (χ4n) is 3.25. The zero-order valence-corrected chi connectivity index (χ0v) is 17.9. The van der Waals surface area contributed by atoms with Crippen LogP contribution in [0.3, 0.4) is 0 Å². The van der Waals surface area contributed by atoms with Gasteiger partial charge in [-0.3, -0.25) is 24.1 Å². The smallest absolute Gasteiger partial charge is 0.261 e. The average molecular weight is 482 g/mol. The van der Waals surface area contributed by atoms with Gasteiger partial charge in [-0.15, -0.1) is 0 Å². The Hall–Kier alpha value is -3.72. The molecule has 9 heteroatoms. The minimum atomic E-state index is -0.493. The van der Waals surface area contributed by atoms with E-state index in [0.29, 0.717) is 21.6 Å². The molecule has 156 valence electrons. The first kappa shape index (κ1) is 20.5. The predicted octanol–water partition coefficient (Wildman–Crippen LogP) is 4.05. The second-order valence-corrected chi connectivity index (χ2v) is 7.78. The number of carbonyl (C=O) groups excluding carboxylic acids is 4. The van der Waals surface area contributed by atoms with Crippen molar-refractivity contribution in [3.63, 3.8) is 0 Å². The number of nitrogens with zero attached hydrogens (tertiary/aromatic N) is 1. The van der Waals surface area contributed by atoms with E-state index in [1.807, 2.05) is 0 Å². The van der Waals surface area contributed by atoms with Crippen molar-refractivity contribution in [2.24, 2.45) is 0 Å². The SMILES string of the molecule is CC(=O)Nc1ccc(Br)cc1NC(=O)c1ccc2c(c1)C(=O)N(Cc1ccco1)C2=O. The van der Waals surface area contributed by atoms with E-state index >= 15 is 0 Å². The first-order valence-electron chi connectivity index (χ1n) is 9.24. The summed E-state index contributed by atoms with van der Waals surface area (Å²) in [6.07, 6.45) is 1.47. The van der Waals surface area contributed by atoms with Gasteiger partial charge >= 0.3 is 0 Å². The molecule has 0 bridgehead atoms. The fourth-order valence-corrected chi connectivity index (χ4v) is 3.61. The molecule has 1 aromatic heterocycles. The minimum absolute atomic E-state index is 0.0129. The van der Waals surface area contributed by atoms with Gasteiger partial charge in [0.2, 0.25) is 5.91 Å². The van der Waals surface area contributed by atoms with Crippen LogP contribution in [0.5, 0.6) is 0 Å². The molecular formula is C22H16BrN3O5. The monoisotopic (exact) mass is 481 g/mol. The summed E-state index contributed by atoms with van der Waals surface area (Å²) in [6, 6.07) is 12.7. The van der Waals surface area contributed by atoms with E-state index in [1.165, 1.54) is 31.4 Å². The molecule has 8 nitrogen and oxygen atoms in total. The van der Waals surface area contributed by atoms with Crippen LogP contribution in [0.25, 0.3) is 0 Å². The van der Waals surface area contributed by atoms with Crippen LogP contribution >= 0.6 is 15.9 Å². The Kier molecular flexibility index (Phi) is 5.43. The third-order valence-electron chi connectivity index (χ3n) is 4.67. The second-order valence-electron chi connectivity index (χ2n) is 6.86. The molecule has 2 N–H and O–H groups in total. The van der Waals surface area contributed by atoms with Crippen LogP contribution in [0, 0.1) is 0 Å². The Balaban J connectivity index is 1.58. The van der Waals surface area contributed by atoms with Gasteiger partial charge in [0.1, 0.15) is 5.76 Å². The van der Waals surface area contributed by atoms with Crippen molar-refractivity contribution in [3.8, 4) is 0 Å². The molecule has 0 aliphatic carbocycles. The molecule has 2 heterocycles. The summed E-state index contributed by atoms with van der Waals surface area (Å²) in [7, 11) is 0. The Morgan fingerprint density at radius 1 is 0.968 bits per heavy atom. The van der Waals surface area contributed by atoms with Gasteiger partial charge in [-0.25, -0.2) is 0 Å². The number of benzene rings is 2. The molecule has 0 radical (unpaired) electrons. The highest BCUT2D eigenvalue weighted by Crippen LogP contribution is 2.29. The minimum Gasteiger partial charge on any atom is -0.467 e. The van der Waals surface area contributed by atoms with E-state index in [0.717, 1.165) is 4.90 Å². The number of anilines is 2. The molecule has 3 aromatic rings. The summed E-state index contributed by atoms with van der Waals surface area (Å²) >= 11 is 3.34. The average Bonchev–Trinajstić information content (AvgIpc) is 3.32. The maximum absolute atomic E-state index is 12.8. The lowest BCUT2D eigenvalue weighted by Gasteiger charge is -2.12. The van der Waals surface area contributed by atoms with Crippen molar-refractivity contribution >= 4 is 50.9 Å². The summed E-state index contributed by atoms with van der Waals surface area (Å²) < 4.78 is 5.93. The third-order valence-corrected chi connectivity index (χ3v) is 5.16. The molecule has 4 amide bonds. The van der Waals surface area contributed by atoms with Gasteiger partial charge in [0, 0.05) is 17.0 Å². The van der Waals surface area contributed by atoms with Gasteiger partial charge in [-0.2, -0.15) is 0 Å². The first-order chi connectivity index (χ1) is 14.8. The molecule has 2 aromatic carbocycles. The number of rotatable bonds is 5. The van der Waals surface area contributed by atoms with Crippen LogP contribution in [-0.4, -0.2) is 28.5 Å². The molecule has 0 fully saturated rings. The Bertz CT molecular complexity index is 1220. The van der Waals surface area contributed by atoms with E-state index in [2.05, 4.69) is 26.6 Å². The van der Waals surface area contributed by atoms with Crippen LogP contribution < -0.4 is 10.6 Å². The zero-order chi connectivity index (χ0) is 22.1. The number of carbonyl (C=O) groups is 4. The second kappa shape index (κ2) is 8.19. The van der Waals surface area contributed by atoms with E-state index in [-0.39, 0.29) is 29.1 Å². The molecule has 0 unspecified atom stereocenters. The van der Waals surface area contributed by atoms with Crippen molar-refractivity contribution < 1.29 is 23.6 Å². The molecule has 1 aliphatic heterocycles. The van der Waals surface area contributed by atoms with Crippen molar-refractivity contribution in [3.05, 3.63) is 81.7 Å². The highest BCUT2D eigenvalue weighted by atomic mass is 79.9. The van der Waals surface area contributed by atoms with Crippen LogP contribution in [0.1, 0.15) is 43.8 Å². The number of amides is 4. The van der Waals surface area contributed by atoms with Gasteiger partial charge in [-0.05, 0) is 48.5 Å². The molecule has 1 aliphatic rings. The largest absolute Gasteiger partial charge is 0.467 e. The van der Waals surface area contributed by atoms with Crippen molar-refractivity contribution in [1.29, 1.82) is 0 Å². The van der Waals surface area contributed by atoms with Gasteiger partial charge in [0.15, 0.2) is 0 Å². The van der Waals surface area contributed by atoms with Crippen molar-refractivity contribution in [2.45, 2.75) is 13.5 Å². The lowest BCUT2D eigenvalue weighted by Crippen LogP contribution is -2.28. The molecule has 31 heavy (non-hydrogen) atoms. The summed E-state index contributed by atoms with van der Waals surface area (Å²) in [6.45, 7) is 1.38. The number of furan rings is 1. The number of imide groups is 1. The highest BCUT2D eigenvalue weighted by Gasteiger charge is 2.36. The molecule has 0 atom stereocenters. The summed E-state index contributed by atoms with van der Waals surface area (Å²) in [5, 5.41) is 5.38. The van der Waals surface area contributed by atoms with Gasteiger partial charge in [-0.1, -0.05) is 15.9 Å². The molecule has 0 saturated heterocycles. The highest BCUT2D eigenvalue weighted by molar-refractivity contribution is 9.10. The standard InChI is InChI=1S/C22H16BrN3O5/c1-12(27)24-18-7-5-14(23)10-19(18)25-20(28)13-4-6-16-17(9-13)22(30)26(21(16)29)11-15-3-2-8-31-15/h2-10H,11H2,1H3,(H,24,27)(H,25,28). The summed E-state index contributed by atoms with van der Waals surface area (Å²) in [5.74, 6) is -1.23. The fraction of sp³-hybridized carbons (Fsp3) is 0.0909. The first-order valence-corrected chi connectivity index (χ1v) is 10.0. The predicted molar refractivity (Wildman–Crippen MR) is 116 cm³/mol. The Morgan fingerprint density at radius 2 is 1.74 bits per heavy atom. The zero-order valence-electron chi connectivity index (χ0n) is 16.3. The van der Waals surface area contributed by atoms with E-state index in [4.69, 9.17) is 4.42 Å². The lowest BCUT2D eigenvalue weighted by atomic mass is 10.1. The molecule has 0 spiro atoms. The maximum Gasteiger partial charge on any atom is 0.261 e. The maximum atomic E-state index is 12.8. The topological polar surface area (TPSA) is 109 Å². The number of nitrogens with one attached hydrogen (secondary N) is 2. The normalized spacial score (nSPS) is 12.6. The third kappa shape index (κ3) is 4.13. The number of hydrogen-bond acceptors (Lipinski definition) is 5. The number of hydrogen-bond donors (Lipinski definition) is 2.